The van der Waals surface area contributed by atoms with Crippen molar-refractivity contribution in [1.82, 2.24) is 15.0 Å². The molecule has 0 N–H and O–H groups in total. The molecule has 1 unspecified atom stereocenters. The molecule has 0 aromatic carbocycles. The van der Waals surface area contributed by atoms with Gasteiger partial charge >= 0.3 is 0 Å². The molecular weight excluding hydrogens is 326 g/mol. The van der Waals surface area contributed by atoms with Crippen molar-refractivity contribution in [1.29, 1.82) is 0 Å². The Morgan fingerprint density at radius 3 is 3.00 bits per heavy atom. The number of rotatable bonds is 3. The standard InChI is InChI=1S/C9H9Br2N3O/c1-6(10)8-3-12-13-14(8)4-7-2-9(11)15-5-7/h2-3,5-6H,4H2,1H3. The summed E-state index contributed by atoms with van der Waals surface area (Å²) >= 11 is 6.76. The van der Waals surface area contributed by atoms with E-state index in [0.717, 1.165) is 15.9 Å². The number of furan rings is 1. The fourth-order valence-corrected chi connectivity index (χ4v) is 2.04. The van der Waals surface area contributed by atoms with Crippen molar-refractivity contribution in [3.05, 3.63) is 34.5 Å². The molecule has 80 valence electrons. The zero-order valence-electron chi connectivity index (χ0n) is 8.02. The van der Waals surface area contributed by atoms with Crippen LogP contribution in [0.2, 0.25) is 0 Å². The molecule has 0 aliphatic carbocycles. The SMILES string of the molecule is CC(Br)c1cnnn1Cc1coc(Br)c1. The second-order valence-corrected chi connectivity index (χ2v) is 5.35. The van der Waals surface area contributed by atoms with Crippen molar-refractivity contribution < 1.29 is 4.42 Å². The van der Waals surface area contributed by atoms with Crippen LogP contribution in [0.4, 0.5) is 0 Å². The fraction of sp³-hybridized carbons (Fsp3) is 0.333. The lowest BCUT2D eigenvalue weighted by atomic mass is 10.3. The zero-order chi connectivity index (χ0) is 10.8. The number of halogens is 2. The lowest BCUT2D eigenvalue weighted by molar-refractivity contribution is 0.533. The Morgan fingerprint density at radius 2 is 2.40 bits per heavy atom. The van der Waals surface area contributed by atoms with Crippen LogP contribution in [0.15, 0.2) is 27.6 Å². The van der Waals surface area contributed by atoms with E-state index >= 15 is 0 Å². The molecule has 6 heteroatoms. The third-order valence-electron chi connectivity index (χ3n) is 2.01. The van der Waals surface area contributed by atoms with Crippen LogP contribution in [0.25, 0.3) is 0 Å². The van der Waals surface area contributed by atoms with Gasteiger partial charge in [0.25, 0.3) is 0 Å². The van der Waals surface area contributed by atoms with Gasteiger partial charge < -0.3 is 4.42 Å². The Bertz CT molecular complexity index is 450. The van der Waals surface area contributed by atoms with Crippen LogP contribution in [0.5, 0.6) is 0 Å². The average Bonchev–Trinajstić information content (AvgIpc) is 2.75. The van der Waals surface area contributed by atoms with E-state index in [4.69, 9.17) is 4.42 Å². The lowest BCUT2D eigenvalue weighted by Gasteiger charge is -2.05. The summed E-state index contributed by atoms with van der Waals surface area (Å²) in [5.74, 6) is 0. The van der Waals surface area contributed by atoms with E-state index in [1.54, 1.807) is 12.5 Å². The third kappa shape index (κ3) is 2.49. The molecule has 0 bridgehead atoms. The first-order chi connectivity index (χ1) is 7.16. The minimum absolute atomic E-state index is 0.239. The summed E-state index contributed by atoms with van der Waals surface area (Å²) in [6, 6.07) is 1.92. The van der Waals surface area contributed by atoms with E-state index in [9.17, 15) is 0 Å². The van der Waals surface area contributed by atoms with Crippen molar-refractivity contribution >= 4 is 31.9 Å². The second-order valence-electron chi connectivity index (χ2n) is 3.19. The highest BCUT2D eigenvalue weighted by atomic mass is 79.9. The molecule has 0 radical (unpaired) electrons. The van der Waals surface area contributed by atoms with Gasteiger partial charge in [0.05, 0.1) is 29.5 Å². The normalized spacial score (nSPS) is 13.0. The number of aromatic nitrogens is 3. The molecule has 0 aliphatic heterocycles. The Labute approximate surface area is 104 Å². The van der Waals surface area contributed by atoms with E-state index in [2.05, 4.69) is 42.2 Å². The molecule has 0 spiro atoms. The van der Waals surface area contributed by atoms with Crippen LogP contribution in [0, 0.1) is 0 Å². The van der Waals surface area contributed by atoms with Crippen molar-refractivity contribution in [2.45, 2.75) is 18.3 Å². The quantitative estimate of drug-likeness (QED) is 0.810. The van der Waals surface area contributed by atoms with E-state index in [1.807, 2.05) is 17.7 Å². The minimum Gasteiger partial charge on any atom is -0.457 e. The largest absolute Gasteiger partial charge is 0.457 e. The maximum absolute atomic E-state index is 5.16. The molecule has 1 atom stereocenters. The first-order valence-corrected chi connectivity index (χ1v) is 6.13. The van der Waals surface area contributed by atoms with Crippen LogP contribution in [-0.2, 0) is 6.54 Å². The topological polar surface area (TPSA) is 43.9 Å². The zero-order valence-corrected chi connectivity index (χ0v) is 11.2. The fourth-order valence-electron chi connectivity index (χ4n) is 1.30. The predicted octanol–water partition coefficient (Wildman–Crippen LogP) is 3.14. The van der Waals surface area contributed by atoms with Gasteiger partial charge in [-0.15, -0.1) is 5.10 Å². The molecule has 2 aromatic heterocycles. The van der Waals surface area contributed by atoms with Gasteiger partial charge in [0.2, 0.25) is 0 Å². The highest BCUT2D eigenvalue weighted by Gasteiger charge is 2.10. The summed E-state index contributed by atoms with van der Waals surface area (Å²) < 4.78 is 7.73. The molecule has 0 amide bonds. The summed E-state index contributed by atoms with van der Waals surface area (Å²) in [4.78, 5) is 0.239. The van der Waals surface area contributed by atoms with Gasteiger partial charge in [-0.2, -0.15) is 0 Å². The molecule has 4 nitrogen and oxygen atoms in total. The van der Waals surface area contributed by atoms with Crippen LogP contribution < -0.4 is 0 Å². The number of hydrogen-bond acceptors (Lipinski definition) is 3. The summed E-state index contributed by atoms with van der Waals surface area (Å²) in [7, 11) is 0. The summed E-state index contributed by atoms with van der Waals surface area (Å²) in [5.41, 5.74) is 2.11. The Hall–Kier alpha value is -0.620. The smallest absolute Gasteiger partial charge is 0.169 e. The molecule has 2 heterocycles. The highest BCUT2D eigenvalue weighted by molar-refractivity contribution is 9.10. The Morgan fingerprint density at radius 1 is 1.60 bits per heavy atom. The van der Waals surface area contributed by atoms with Gasteiger partial charge in [0, 0.05) is 5.56 Å². The number of alkyl halides is 1. The highest BCUT2D eigenvalue weighted by Crippen LogP contribution is 2.21. The Balaban J connectivity index is 2.20. The molecule has 15 heavy (non-hydrogen) atoms. The Kier molecular flexibility index (Phi) is 3.25. The third-order valence-corrected chi connectivity index (χ3v) is 2.89. The van der Waals surface area contributed by atoms with Crippen LogP contribution >= 0.6 is 31.9 Å². The van der Waals surface area contributed by atoms with Crippen molar-refractivity contribution in [2.75, 3.05) is 0 Å². The molecule has 2 aromatic rings. The lowest BCUT2D eigenvalue weighted by Crippen LogP contribution is -2.05. The monoisotopic (exact) mass is 333 g/mol. The van der Waals surface area contributed by atoms with Crippen LogP contribution in [0.1, 0.15) is 23.0 Å². The van der Waals surface area contributed by atoms with E-state index < -0.39 is 0 Å². The van der Waals surface area contributed by atoms with Crippen molar-refractivity contribution in [2.24, 2.45) is 0 Å². The maximum Gasteiger partial charge on any atom is 0.169 e. The molecule has 0 fully saturated rings. The first kappa shape index (κ1) is 10.9. The van der Waals surface area contributed by atoms with Gasteiger partial charge in [-0.05, 0) is 28.9 Å². The molecule has 2 rings (SSSR count). The number of nitrogens with zero attached hydrogens (tertiary/aromatic N) is 3. The summed E-state index contributed by atoms with van der Waals surface area (Å²) in [6.07, 6.45) is 3.46. The van der Waals surface area contributed by atoms with Gasteiger partial charge in [-0.25, -0.2) is 4.68 Å². The van der Waals surface area contributed by atoms with Crippen molar-refractivity contribution in [3.8, 4) is 0 Å². The second kappa shape index (κ2) is 4.49. The van der Waals surface area contributed by atoms with E-state index in [-0.39, 0.29) is 4.83 Å². The van der Waals surface area contributed by atoms with E-state index in [0.29, 0.717) is 6.54 Å². The van der Waals surface area contributed by atoms with Crippen LogP contribution in [0.3, 0.4) is 0 Å². The first-order valence-electron chi connectivity index (χ1n) is 4.42. The molecular formula is C9H9Br2N3O. The maximum atomic E-state index is 5.16. The van der Waals surface area contributed by atoms with Gasteiger partial charge in [-0.1, -0.05) is 21.1 Å². The summed E-state index contributed by atoms with van der Waals surface area (Å²) in [5, 5.41) is 7.91. The van der Waals surface area contributed by atoms with Gasteiger partial charge in [-0.3, -0.25) is 0 Å². The predicted molar refractivity (Wildman–Crippen MR) is 62.9 cm³/mol. The summed E-state index contributed by atoms with van der Waals surface area (Å²) in [6.45, 7) is 2.71. The minimum atomic E-state index is 0.239. The van der Waals surface area contributed by atoms with Gasteiger partial charge in [0.15, 0.2) is 4.67 Å². The van der Waals surface area contributed by atoms with Crippen LogP contribution in [-0.4, -0.2) is 15.0 Å². The average molecular weight is 335 g/mol. The van der Waals surface area contributed by atoms with E-state index in [1.165, 1.54) is 0 Å². The molecule has 0 saturated heterocycles. The van der Waals surface area contributed by atoms with Crippen molar-refractivity contribution in [3.63, 3.8) is 0 Å². The molecule has 0 saturated carbocycles. The number of hydrogen-bond donors (Lipinski definition) is 0. The van der Waals surface area contributed by atoms with Gasteiger partial charge in [0.1, 0.15) is 0 Å². The molecule has 0 aliphatic rings.